The summed E-state index contributed by atoms with van der Waals surface area (Å²) < 4.78 is 0. The normalized spacial score (nSPS) is 32.7. The zero-order valence-electron chi connectivity index (χ0n) is 16.9. The SMILES string of the molecule is O=C(O)c1cccc(C=C2C[C@@H]3C[C@@H](O)[C@H](/C=C/[C@@H](O)C4CCCCC4)[C@@H]3C2)c1. The number of allylic oxidation sites excluding steroid dienone is 1. The fourth-order valence-corrected chi connectivity index (χ4v) is 5.76. The van der Waals surface area contributed by atoms with Crippen molar-refractivity contribution in [3.8, 4) is 0 Å². The molecule has 3 aliphatic carbocycles. The van der Waals surface area contributed by atoms with E-state index in [-0.39, 0.29) is 12.0 Å². The number of rotatable bonds is 5. The van der Waals surface area contributed by atoms with Gasteiger partial charge >= 0.3 is 5.97 Å². The highest BCUT2D eigenvalue weighted by Gasteiger charge is 2.45. The smallest absolute Gasteiger partial charge is 0.335 e. The molecule has 0 amide bonds. The second-order valence-corrected chi connectivity index (χ2v) is 9.22. The standard InChI is InChI=1S/C25H32O4/c26-23(18-6-2-1-3-7-18)10-9-21-22-14-17(13-20(22)15-24(21)27)11-16-5-4-8-19(12-16)25(28)29/h4-5,8-12,18,20-24,26-27H,1-3,6-7,13-15H2,(H,28,29)/b10-9+,17-11?/t20-,21-,22-,23-,24-/m1/s1. The molecule has 4 heteroatoms. The lowest BCUT2D eigenvalue weighted by Gasteiger charge is -2.25. The van der Waals surface area contributed by atoms with E-state index in [1.54, 1.807) is 18.2 Å². The zero-order chi connectivity index (χ0) is 20.4. The molecule has 0 saturated heterocycles. The summed E-state index contributed by atoms with van der Waals surface area (Å²) in [6, 6.07) is 7.06. The van der Waals surface area contributed by atoms with Crippen molar-refractivity contribution in [1.29, 1.82) is 0 Å². The highest BCUT2D eigenvalue weighted by molar-refractivity contribution is 5.88. The summed E-state index contributed by atoms with van der Waals surface area (Å²) in [7, 11) is 0. The van der Waals surface area contributed by atoms with Gasteiger partial charge < -0.3 is 15.3 Å². The minimum Gasteiger partial charge on any atom is -0.478 e. The molecule has 29 heavy (non-hydrogen) atoms. The summed E-state index contributed by atoms with van der Waals surface area (Å²) in [5.74, 6) is 0.455. The van der Waals surface area contributed by atoms with Gasteiger partial charge in [-0.05, 0) is 67.6 Å². The molecule has 0 radical (unpaired) electrons. The van der Waals surface area contributed by atoms with Crippen LogP contribution in [0.2, 0.25) is 0 Å². The molecular formula is C25H32O4. The lowest BCUT2D eigenvalue weighted by Crippen LogP contribution is -2.22. The summed E-state index contributed by atoms with van der Waals surface area (Å²) in [6.45, 7) is 0. The Labute approximate surface area is 173 Å². The Morgan fingerprint density at radius 1 is 1.14 bits per heavy atom. The number of hydrogen-bond donors (Lipinski definition) is 3. The van der Waals surface area contributed by atoms with E-state index in [2.05, 4.69) is 12.2 Å². The first-order valence-corrected chi connectivity index (χ1v) is 11.1. The van der Waals surface area contributed by atoms with Crippen LogP contribution in [0.15, 0.2) is 42.0 Å². The first-order chi connectivity index (χ1) is 14.0. The molecule has 0 bridgehead atoms. The third kappa shape index (κ3) is 4.65. The van der Waals surface area contributed by atoms with Gasteiger partial charge in [-0.1, -0.05) is 55.2 Å². The first-order valence-electron chi connectivity index (χ1n) is 11.1. The van der Waals surface area contributed by atoms with Crippen molar-refractivity contribution in [2.24, 2.45) is 23.7 Å². The number of carboxylic acid groups (broad SMARTS) is 1. The molecule has 3 saturated carbocycles. The lowest BCUT2D eigenvalue weighted by molar-refractivity contribution is 0.0696. The van der Waals surface area contributed by atoms with Crippen LogP contribution < -0.4 is 0 Å². The van der Waals surface area contributed by atoms with Gasteiger partial charge in [-0.15, -0.1) is 0 Å². The van der Waals surface area contributed by atoms with Crippen molar-refractivity contribution in [2.45, 2.75) is 63.6 Å². The zero-order valence-corrected chi connectivity index (χ0v) is 16.9. The Balaban J connectivity index is 1.43. The molecule has 4 rings (SSSR count). The average molecular weight is 397 g/mol. The number of hydrogen-bond acceptors (Lipinski definition) is 3. The highest BCUT2D eigenvalue weighted by atomic mass is 16.4. The van der Waals surface area contributed by atoms with Crippen LogP contribution in [-0.4, -0.2) is 33.5 Å². The van der Waals surface area contributed by atoms with Gasteiger partial charge in [0.05, 0.1) is 17.8 Å². The van der Waals surface area contributed by atoms with E-state index in [0.29, 0.717) is 23.3 Å². The van der Waals surface area contributed by atoms with Crippen molar-refractivity contribution in [3.63, 3.8) is 0 Å². The number of aliphatic hydroxyl groups is 2. The van der Waals surface area contributed by atoms with E-state index < -0.39 is 12.1 Å². The number of fused-ring (bicyclic) bond motifs is 1. The van der Waals surface area contributed by atoms with Crippen molar-refractivity contribution in [1.82, 2.24) is 0 Å². The van der Waals surface area contributed by atoms with E-state index in [1.165, 1.54) is 24.8 Å². The third-order valence-corrected chi connectivity index (χ3v) is 7.28. The number of aliphatic hydroxyl groups excluding tert-OH is 2. The lowest BCUT2D eigenvalue weighted by atomic mass is 9.84. The van der Waals surface area contributed by atoms with Crippen LogP contribution >= 0.6 is 0 Å². The molecular weight excluding hydrogens is 364 g/mol. The van der Waals surface area contributed by atoms with Crippen LogP contribution in [0.3, 0.4) is 0 Å². The molecule has 4 nitrogen and oxygen atoms in total. The molecule has 156 valence electrons. The Hall–Kier alpha value is -1.91. The fourth-order valence-electron chi connectivity index (χ4n) is 5.76. The van der Waals surface area contributed by atoms with Crippen LogP contribution in [0.5, 0.6) is 0 Å². The van der Waals surface area contributed by atoms with Crippen LogP contribution in [0.1, 0.15) is 67.3 Å². The van der Waals surface area contributed by atoms with Crippen LogP contribution in [0, 0.1) is 23.7 Å². The molecule has 1 aromatic carbocycles. The first kappa shape index (κ1) is 20.4. The minimum atomic E-state index is -0.904. The van der Waals surface area contributed by atoms with Crippen molar-refractivity contribution < 1.29 is 20.1 Å². The van der Waals surface area contributed by atoms with Crippen LogP contribution in [-0.2, 0) is 0 Å². The monoisotopic (exact) mass is 396 g/mol. The molecule has 0 aliphatic heterocycles. The number of carboxylic acids is 1. The second kappa shape index (κ2) is 8.85. The predicted octanol–water partition coefficient (Wildman–Crippen LogP) is 4.67. The Kier molecular flexibility index (Phi) is 6.21. The van der Waals surface area contributed by atoms with Gasteiger partial charge in [-0.25, -0.2) is 4.79 Å². The molecule has 3 N–H and O–H groups in total. The third-order valence-electron chi connectivity index (χ3n) is 7.28. The Morgan fingerprint density at radius 2 is 1.93 bits per heavy atom. The summed E-state index contributed by atoms with van der Waals surface area (Å²) in [5, 5.41) is 30.3. The molecule has 1 aromatic rings. The molecule has 0 heterocycles. The van der Waals surface area contributed by atoms with E-state index in [1.807, 2.05) is 12.1 Å². The molecule has 0 aromatic heterocycles. The van der Waals surface area contributed by atoms with E-state index in [0.717, 1.165) is 37.7 Å². The number of benzene rings is 1. The topological polar surface area (TPSA) is 77.8 Å². The van der Waals surface area contributed by atoms with Crippen molar-refractivity contribution in [2.75, 3.05) is 0 Å². The summed E-state index contributed by atoms with van der Waals surface area (Å²) in [6.07, 6.45) is 14.1. The maximum Gasteiger partial charge on any atom is 0.335 e. The van der Waals surface area contributed by atoms with Crippen LogP contribution in [0.25, 0.3) is 6.08 Å². The maximum absolute atomic E-state index is 11.2. The average Bonchev–Trinajstić information content (AvgIpc) is 3.23. The van der Waals surface area contributed by atoms with Crippen molar-refractivity contribution >= 4 is 12.0 Å². The summed E-state index contributed by atoms with van der Waals surface area (Å²) in [4.78, 5) is 11.2. The Bertz CT molecular complexity index is 790. The fraction of sp³-hybridized carbons (Fsp3) is 0.560. The van der Waals surface area contributed by atoms with Gasteiger partial charge in [0.15, 0.2) is 0 Å². The molecule has 5 atom stereocenters. The van der Waals surface area contributed by atoms with E-state index in [4.69, 9.17) is 0 Å². The molecule has 3 aliphatic rings. The summed E-state index contributed by atoms with van der Waals surface area (Å²) in [5.41, 5.74) is 2.58. The predicted molar refractivity (Wildman–Crippen MR) is 113 cm³/mol. The van der Waals surface area contributed by atoms with Gasteiger partial charge in [0.25, 0.3) is 0 Å². The highest BCUT2D eigenvalue weighted by Crippen LogP contribution is 2.50. The maximum atomic E-state index is 11.2. The van der Waals surface area contributed by atoms with Gasteiger partial charge in [0.2, 0.25) is 0 Å². The second-order valence-electron chi connectivity index (χ2n) is 9.22. The molecule has 3 fully saturated rings. The molecule has 0 unspecified atom stereocenters. The number of carbonyl (C=O) groups is 1. The van der Waals surface area contributed by atoms with Gasteiger partial charge in [0, 0.05) is 5.92 Å². The van der Waals surface area contributed by atoms with Crippen molar-refractivity contribution in [3.05, 3.63) is 53.1 Å². The Morgan fingerprint density at radius 3 is 2.69 bits per heavy atom. The largest absolute Gasteiger partial charge is 0.478 e. The summed E-state index contributed by atoms with van der Waals surface area (Å²) >= 11 is 0. The van der Waals surface area contributed by atoms with Gasteiger partial charge in [-0.3, -0.25) is 0 Å². The van der Waals surface area contributed by atoms with Gasteiger partial charge in [0.1, 0.15) is 0 Å². The van der Waals surface area contributed by atoms with E-state index in [9.17, 15) is 20.1 Å². The number of aromatic carboxylic acids is 1. The quantitative estimate of drug-likeness (QED) is 0.632. The molecule has 0 spiro atoms. The van der Waals surface area contributed by atoms with Crippen LogP contribution in [0.4, 0.5) is 0 Å². The minimum absolute atomic E-state index is 0.106. The van der Waals surface area contributed by atoms with E-state index >= 15 is 0 Å². The van der Waals surface area contributed by atoms with Gasteiger partial charge in [-0.2, -0.15) is 0 Å².